The Labute approximate surface area is 155 Å². The van der Waals surface area contributed by atoms with E-state index >= 15 is 0 Å². The van der Waals surface area contributed by atoms with E-state index in [0.29, 0.717) is 11.3 Å². The van der Waals surface area contributed by atoms with Gasteiger partial charge in [-0.2, -0.15) is 0 Å². The third-order valence-electron chi connectivity index (χ3n) is 3.65. The van der Waals surface area contributed by atoms with Crippen LogP contribution in [0.15, 0.2) is 67.1 Å². The summed E-state index contributed by atoms with van der Waals surface area (Å²) in [6.45, 7) is 1.49. The summed E-state index contributed by atoms with van der Waals surface area (Å²) in [4.78, 5) is 28.4. The fourth-order valence-corrected chi connectivity index (χ4v) is 2.46. The van der Waals surface area contributed by atoms with Gasteiger partial charge in [0.05, 0.1) is 11.3 Å². The maximum atomic E-state index is 12.4. The number of ether oxygens (including phenoxy) is 1. The van der Waals surface area contributed by atoms with Gasteiger partial charge in [-0.15, -0.1) is 0 Å². The number of nitrogens with one attached hydrogen (secondary N) is 1. The lowest BCUT2D eigenvalue weighted by Gasteiger charge is -2.14. The Kier molecular flexibility index (Phi) is 5.34. The first-order valence-corrected chi connectivity index (χ1v) is 8.28. The van der Waals surface area contributed by atoms with Crippen LogP contribution in [0, 0.1) is 0 Å². The highest BCUT2D eigenvalue weighted by molar-refractivity contribution is 6.32. The number of halogens is 1. The SMILES string of the molecule is CC(OC(=O)c1cccc(-n2cccc2)c1)C(=O)Nc1cccnc1Cl. The number of pyridine rings is 1. The monoisotopic (exact) mass is 369 g/mol. The van der Waals surface area contributed by atoms with Crippen LogP contribution in [0.5, 0.6) is 0 Å². The van der Waals surface area contributed by atoms with Crippen molar-refractivity contribution in [3.63, 3.8) is 0 Å². The van der Waals surface area contributed by atoms with Crippen LogP contribution in [0.3, 0.4) is 0 Å². The summed E-state index contributed by atoms with van der Waals surface area (Å²) < 4.78 is 7.13. The molecule has 132 valence electrons. The average molecular weight is 370 g/mol. The number of anilines is 1. The predicted molar refractivity (Wildman–Crippen MR) is 98.5 cm³/mol. The van der Waals surface area contributed by atoms with Crippen molar-refractivity contribution >= 4 is 29.2 Å². The maximum Gasteiger partial charge on any atom is 0.338 e. The molecule has 0 bridgehead atoms. The molecule has 1 amide bonds. The summed E-state index contributed by atoms with van der Waals surface area (Å²) in [5.41, 5.74) is 1.54. The van der Waals surface area contributed by atoms with Gasteiger partial charge >= 0.3 is 5.97 Å². The van der Waals surface area contributed by atoms with Crippen molar-refractivity contribution < 1.29 is 14.3 Å². The lowest BCUT2D eigenvalue weighted by molar-refractivity contribution is -0.123. The van der Waals surface area contributed by atoms with E-state index in [-0.39, 0.29) is 5.15 Å². The van der Waals surface area contributed by atoms with Gasteiger partial charge in [-0.3, -0.25) is 4.79 Å². The Balaban J connectivity index is 1.67. The zero-order chi connectivity index (χ0) is 18.5. The Morgan fingerprint density at radius 2 is 1.92 bits per heavy atom. The third kappa shape index (κ3) is 4.10. The number of amides is 1. The van der Waals surface area contributed by atoms with Gasteiger partial charge in [0.1, 0.15) is 0 Å². The zero-order valence-electron chi connectivity index (χ0n) is 13.9. The molecular weight excluding hydrogens is 354 g/mol. The van der Waals surface area contributed by atoms with Gasteiger partial charge in [0.2, 0.25) is 0 Å². The highest BCUT2D eigenvalue weighted by Crippen LogP contribution is 2.18. The zero-order valence-corrected chi connectivity index (χ0v) is 14.7. The minimum absolute atomic E-state index is 0.166. The molecule has 3 aromatic rings. The summed E-state index contributed by atoms with van der Waals surface area (Å²) >= 11 is 5.90. The van der Waals surface area contributed by atoms with E-state index < -0.39 is 18.0 Å². The quantitative estimate of drug-likeness (QED) is 0.549. The van der Waals surface area contributed by atoms with Crippen molar-refractivity contribution in [1.82, 2.24) is 9.55 Å². The molecule has 0 saturated heterocycles. The van der Waals surface area contributed by atoms with E-state index in [9.17, 15) is 9.59 Å². The molecule has 1 aromatic carbocycles. The van der Waals surface area contributed by atoms with E-state index in [1.54, 1.807) is 30.3 Å². The van der Waals surface area contributed by atoms with Crippen molar-refractivity contribution in [2.45, 2.75) is 13.0 Å². The molecule has 2 aromatic heterocycles. The topological polar surface area (TPSA) is 73.2 Å². The minimum atomic E-state index is -0.992. The van der Waals surface area contributed by atoms with Gasteiger partial charge in [0.25, 0.3) is 5.91 Å². The molecule has 7 heteroatoms. The maximum absolute atomic E-state index is 12.4. The highest BCUT2D eigenvalue weighted by Gasteiger charge is 2.20. The van der Waals surface area contributed by atoms with Gasteiger partial charge in [0.15, 0.2) is 11.3 Å². The second-order valence-electron chi connectivity index (χ2n) is 5.52. The van der Waals surface area contributed by atoms with Crippen LogP contribution in [-0.2, 0) is 9.53 Å². The summed E-state index contributed by atoms with van der Waals surface area (Å²) in [5.74, 6) is -1.08. The first-order chi connectivity index (χ1) is 12.5. The van der Waals surface area contributed by atoms with Gasteiger partial charge < -0.3 is 14.6 Å². The Morgan fingerprint density at radius 1 is 1.15 bits per heavy atom. The lowest BCUT2D eigenvalue weighted by Crippen LogP contribution is -2.30. The van der Waals surface area contributed by atoms with Crippen LogP contribution >= 0.6 is 11.6 Å². The normalized spacial score (nSPS) is 11.6. The van der Waals surface area contributed by atoms with Gasteiger partial charge in [-0.1, -0.05) is 17.7 Å². The van der Waals surface area contributed by atoms with Crippen LogP contribution < -0.4 is 5.32 Å². The molecule has 1 unspecified atom stereocenters. The van der Waals surface area contributed by atoms with E-state index in [1.165, 1.54) is 13.1 Å². The van der Waals surface area contributed by atoms with E-state index in [1.807, 2.05) is 35.2 Å². The van der Waals surface area contributed by atoms with Crippen molar-refractivity contribution in [3.8, 4) is 5.69 Å². The lowest BCUT2D eigenvalue weighted by atomic mass is 10.2. The van der Waals surface area contributed by atoms with E-state index in [2.05, 4.69) is 10.3 Å². The molecule has 26 heavy (non-hydrogen) atoms. The molecule has 6 nitrogen and oxygen atoms in total. The molecular formula is C19H16ClN3O3. The minimum Gasteiger partial charge on any atom is -0.449 e. The molecule has 0 spiro atoms. The summed E-state index contributed by atoms with van der Waals surface area (Å²) in [6.07, 6.45) is 4.27. The van der Waals surface area contributed by atoms with Gasteiger partial charge in [-0.25, -0.2) is 9.78 Å². The number of carbonyl (C=O) groups is 2. The molecule has 2 heterocycles. The Morgan fingerprint density at radius 3 is 2.65 bits per heavy atom. The highest BCUT2D eigenvalue weighted by atomic mass is 35.5. The van der Waals surface area contributed by atoms with Crippen LogP contribution in [0.25, 0.3) is 5.69 Å². The number of rotatable bonds is 5. The molecule has 1 atom stereocenters. The van der Waals surface area contributed by atoms with Crippen molar-refractivity contribution in [2.75, 3.05) is 5.32 Å². The number of nitrogens with zero attached hydrogens (tertiary/aromatic N) is 2. The number of esters is 1. The molecule has 1 N–H and O–H groups in total. The Hall–Kier alpha value is -3.12. The Bertz CT molecular complexity index is 925. The molecule has 0 fully saturated rings. The smallest absolute Gasteiger partial charge is 0.338 e. The fraction of sp³-hybridized carbons (Fsp3) is 0.105. The second kappa shape index (κ2) is 7.84. The summed E-state index contributed by atoms with van der Waals surface area (Å²) in [6, 6.07) is 14.0. The van der Waals surface area contributed by atoms with Gasteiger partial charge in [0, 0.05) is 24.3 Å². The van der Waals surface area contributed by atoms with Crippen LogP contribution in [0.4, 0.5) is 5.69 Å². The second-order valence-corrected chi connectivity index (χ2v) is 5.88. The van der Waals surface area contributed by atoms with Crippen LogP contribution in [0.2, 0.25) is 5.15 Å². The number of hydrogen-bond acceptors (Lipinski definition) is 4. The summed E-state index contributed by atoms with van der Waals surface area (Å²) in [5, 5.41) is 2.75. The van der Waals surface area contributed by atoms with Crippen molar-refractivity contribution in [1.29, 1.82) is 0 Å². The first kappa shape index (κ1) is 17.7. The summed E-state index contributed by atoms with van der Waals surface area (Å²) in [7, 11) is 0. The van der Waals surface area contributed by atoms with E-state index in [4.69, 9.17) is 16.3 Å². The molecule has 0 aliphatic heterocycles. The van der Waals surface area contributed by atoms with Crippen LogP contribution in [-0.4, -0.2) is 27.5 Å². The van der Waals surface area contributed by atoms with E-state index in [0.717, 1.165) is 5.69 Å². The fourth-order valence-electron chi connectivity index (χ4n) is 2.30. The standard InChI is InChI=1S/C19H16ClN3O3/c1-13(18(24)22-16-8-5-9-21-17(16)20)26-19(25)14-6-4-7-15(12-14)23-10-2-3-11-23/h2-13H,1H3,(H,22,24). The number of hydrogen-bond donors (Lipinski definition) is 1. The third-order valence-corrected chi connectivity index (χ3v) is 3.96. The van der Waals surface area contributed by atoms with Gasteiger partial charge in [-0.05, 0) is 49.4 Å². The predicted octanol–water partition coefficient (Wildman–Crippen LogP) is 3.71. The molecule has 3 rings (SSSR count). The largest absolute Gasteiger partial charge is 0.449 e. The average Bonchev–Trinajstić information content (AvgIpc) is 3.18. The number of carbonyl (C=O) groups excluding carboxylic acids is 2. The van der Waals surface area contributed by atoms with Crippen molar-refractivity contribution in [3.05, 3.63) is 77.8 Å². The number of benzene rings is 1. The molecule has 0 aliphatic carbocycles. The van der Waals surface area contributed by atoms with Crippen molar-refractivity contribution in [2.24, 2.45) is 0 Å². The molecule has 0 aliphatic rings. The van der Waals surface area contributed by atoms with Crippen LogP contribution in [0.1, 0.15) is 17.3 Å². The molecule has 0 saturated carbocycles. The first-order valence-electron chi connectivity index (χ1n) is 7.90. The molecule has 0 radical (unpaired) electrons. The number of aromatic nitrogens is 2.